The van der Waals surface area contributed by atoms with Crippen molar-refractivity contribution in [2.45, 2.75) is 45.3 Å². The van der Waals surface area contributed by atoms with Gasteiger partial charge in [0.15, 0.2) is 11.6 Å². The van der Waals surface area contributed by atoms with Gasteiger partial charge >= 0.3 is 5.97 Å². The molecule has 0 radical (unpaired) electrons. The van der Waals surface area contributed by atoms with Gasteiger partial charge < -0.3 is 15.6 Å². The molecule has 0 spiro atoms. The fraction of sp³-hybridized carbons (Fsp3) is 0.259. The average Bonchev–Trinajstić information content (AvgIpc) is 3.41. The van der Waals surface area contributed by atoms with E-state index in [2.05, 4.69) is 5.10 Å². The second-order valence-electron chi connectivity index (χ2n) is 8.87. The lowest BCUT2D eigenvalue weighted by atomic mass is 9.97. The zero-order chi connectivity index (χ0) is 24.7. The molecule has 5 rings (SSSR count). The number of anilines is 1. The van der Waals surface area contributed by atoms with Crippen LogP contribution in [0.3, 0.4) is 0 Å². The maximum absolute atomic E-state index is 13.7. The Morgan fingerprint density at radius 2 is 1.86 bits per heavy atom. The smallest absolute Gasteiger partial charge is 0.303 e. The number of nitrogens with zero attached hydrogens (tertiary/aromatic N) is 2. The predicted molar refractivity (Wildman–Crippen MR) is 129 cm³/mol. The van der Waals surface area contributed by atoms with Crippen molar-refractivity contribution in [2.24, 2.45) is 0 Å². The molecule has 1 aliphatic carbocycles. The molecule has 35 heavy (non-hydrogen) atoms. The van der Waals surface area contributed by atoms with E-state index in [0.29, 0.717) is 30.7 Å². The Bertz CT molecular complexity index is 1420. The molecule has 0 fully saturated rings. The van der Waals surface area contributed by atoms with Crippen molar-refractivity contribution in [3.8, 4) is 16.9 Å². The zero-order valence-corrected chi connectivity index (χ0v) is 19.2. The molecule has 180 valence electrons. The van der Waals surface area contributed by atoms with Gasteiger partial charge in [-0.1, -0.05) is 6.07 Å². The number of hydrogen-bond donors (Lipinski definition) is 2. The standard InChI is InChI=1S/C27H25F2N3O3/c1-2-32-25-5-4-16(9-19(25)14-31-32)21-7-15(3-6-26(33)34)8-24(30)27(21)35-20-10-17-12-22(28)23(29)13-18(17)11-20/h4-5,7-9,12-14,20H,2-3,6,10-11,30H2,1H3,(H,33,34). The van der Waals surface area contributed by atoms with Gasteiger partial charge in [-0.15, -0.1) is 0 Å². The number of nitrogens with two attached hydrogens (primary N) is 1. The molecular formula is C27H25F2N3O3. The SMILES string of the molecule is CCn1ncc2cc(-c3cc(CCC(=O)O)cc(N)c3OC3Cc4cc(F)c(F)cc4C3)ccc21. The number of halogens is 2. The molecule has 0 atom stereocenters. The number of aromatic nitrogens is 2. The van der Waals surface area contributed by atoms with Crippen molar-refractivity contribution in [2.75, 3.05) is 5.73 Å². The van der Waals surface area contributed by atoms with Crippen molar-refractivity contribution < 1.29 is 23.4 Å². The van der Waals surface area contributed by atoms with E-state index in [9.17, 15) is 13.6 Å². The number of benzene rings is 3. The highest BCUT2D eigenvalue weighted by Gasteiger charge is 2.27. The van der Waals surface area contributed by atoms with Crippen molar-refractivity contribution in [3.05, 3.63) is 77.0 Å². The van der Waals surface area contributed by atoms with Crippen LogP contribution in [0.25, 0.3) is 22.0 Å². The molecule has 0 saturated carbocycles. The van der Waals surface area contributed by atoms with E-state index in [4.69, 9.17) is 15.6 Å². The van der Waals surface area contributed by atoms with Gasteiger partial charge in [0, 0.05) is 36.8 Å². The number of carbonyl (C=O) groups is 1. The Balaban J connectivity index is 1.53. The lowest BCUT2D eigenvalue weighted by molar-refractivity contribution is -0.136. The van der Waals surface area contributed by atoms with E-state index in [-0.39, 0.29) is 12.5 Å². The Morgan fingerprint density at radius 1 is 1.14 bits per heavy atom. The molecule has 0 bridgehead atoms. The fourth-order valence-electron chi connectivity index (χ4n) is 4.78. The van der Waals surface area contributed by atoms with E-state index in [1.807, 2.05) is 35.9 Å². The van der Waals surface area contributed by atoms with Crippen molar-refractivity contribution >= 4 is 22.6 Å². The number of aliphatic carboxylic acids is 1. The van der Waals surface area contributed by atoms with Crippen molar-refractivity contribution in [1.29, 1.82) is 0 Å². The Labute approximate surface area is 200 Å². The highest BCUT2D eigenvalue weighted by Crippen LogP contribution is 2.40. The van der Waals surface area contributed by atoms with Crippen LogP contribution in [0, 0.1) is 11.6 Å². The molecule has 4 aromatic rings. The van der Waals surface area contributed by atoms with Crippen LogP contribution < -0.4 is 10.5 Å². The molecule has 0 saturated heterocycles. The van der Waals surface area contributed by atoms with Gasteiger partial charge in [0.05, 0.1) is 17.4 Å². The number of aryl methyl sites for hydroxylation is 2. The third kappa shape index (κ3) is 4.43. The fourth-order valence-corrected chi connectivity index (χ4v) is 4.78. The minimum Gasteiger partial charge on any atom is -0.487 e. The first-order valence-electron chi connectivity index (χ1n) is 11.6. The summed E-state index contributed by atoms with van der Waals surface area (Å²) in [4.78, 5) is 11.1. The maximum atomic E-state index is 13.7. The molecule has 8 heteroatoms. The van der Waals surface area contributed by atoms with Gasteiger partial charge in [-0.2, -0.15) is 5.10 Å². The largest absolute Gasteiger partial charge is 0.487 e. The summed E-state index contributed by atoms with van der Waals surface area (Å²) in [7, 11) is 0. The van der Waals surface area contributed by atoms with Crippen molar-refractivity contribution in [3.63, 3.8) is 0 Å². The van der Waals surface area contributed by atoms with E-state index in [0.717, 1.165) is 45.3 Å². The van der Waals surface area contributed by atoms with E-state index >= 15 is 0 Å². The Morgan fingerprint density at radius 3 is 2.51 bits per heavy atom. The second-order valence-corrected chi connectivity index (χ2v) is 8.87. The Kier molecular flexibility index (Phi) is 5.88. The summed E-state index contributed by atoms with van der Waals surface area (Å²) in [5.74, 6) is -2.14. The molecular weight excluding hydrogens is 452 g/mol. The minimum atomic E-state index is -0.887. The maximum Gasteiger partial charge on any atom is 0.303 e. The highest BCUT2D eigenvalue weighted by atomic mass is 19.2. The molecule has 1 aromatic heterocycles. The number of ether oxygens (including phenoxy) is 1. The van der Waals surface area contributed by atoms with Gasteiger partial charge in [-0.05, 0) is 72.0 Å². The summed E-state index contributed by atoms with van der Waals surface area (Å²) < 4.78 is 35.7. The molecule has 3 N–H and O–H groups in total. The summed E-state index contributed by atoms with van der Waals surface area (Å²) in [6, 6.07) is 12.1. The lowest BCUT2D eigenvalue weighted by Crippen LogP contribution is -2.18. The Hall–Kier alpha value is -3.94. The van der Waals surface area contributed by atoms with E-state index in [1.165, 1.54) is 12.1 Å². The van der Waals surface area contributed by atoms with Gasteiger partial charge in [0.25, 0.3) is 0 Å². The molecule has 1 heterocycles. The van der Waals surface area contributed by atoms with Gasteiger partial charge in [-0.25, -0.2) is 8.78 Å². The molecule has 1 aliphatic rings. The minimum absolute atomic E-state index is 0.0174. The van der Waals surface area contributed by atoms with Crippen LogP contribution in [0.1, 0.15) is 30.0 Å². The third-order valence-corrected chi connectivity index (χ3v) is 6.48. The lowest BCUT2D eigenvalue weighted by Gasteiger charge is -2.20. The first-order chi connectivity index (χ1) is 16.8. The topological polar surface area (TPSA) is 90.4 Å². The highest BCUT2D eigenvalue weighted by molar-refractivity contribution is 5.88. The molecule has 0 aliphatic heterocycles. The quantitative estimate of drug-likeness (QED) is 0.360. The van der Waals surface area contributed by atoms with Crippen LogP contribution in [0.15, 0.2) is 48.7 Å². The van der Waals surface area contributed by atoms with Crippen LogP contribution in [-0.2, 0) is 30.6 Å². The van der Waals surface area contributed by atoms with E-state index < -0.39 is 17.6 Å². The third-order valence-electron chi connectivity index (χ3n) is 6.48. The van der Waals surface area contributed by atoms with Crippen LogP contribution in [0.4, 0.5) is 14.5 Å². The first-order valence-corrected chi connectivity index (χ1v) is 11.6. The number of nitrogen functional groups attached to an aromatic ring is 1. The summed E-state index contributed by atoms with van der Waals surface area (Å²) in [6.07, 6.45) is 2.66. The summed E-state index contributed by atoms with van der Waals surface area (Å²) in [5, 5.41) is 14.5. The molecule has 3 aromatic carbocycles. The monoisotopic (exact) mass is 477 g/mol. The van der Waals surface area contributed by atoms with Gasteiger partial charge in [0.1, 0.15) is 11.9 Å². The number of carboxylic acid groups (broad SMARTS) is 1. The van der Waals surface area contributed by atoms with Crippen LogP contribution in [-0.4, -0.2) is 27.0 Å². The number of hydrogen-bond acceptors (Lipinski definition) is 4. The van der Waals surface area contributed by atoms with Gasteiger partial charge in [-0.3, -0.25) is 9.48 Å². The molecule has 0 unspecified atom stereocenters. The van der Waals surface area contributed by atoms with Gasteiger partial charge in [0.2, 0.25) is 0 Å². The number of carboxylic acids is 1. The molecule has 0 amide bonds. The number of fused-ring (bicyclic) bond motifs is 2. The summed E-state index contributed by atoms with van der Waals surface area (Å²) in [6.45, 7) is 2.77. The predicted octanol–water partition coefficient (Wildman–Crippen LogP) is 5.15. The summed E-state index contributed by atoms with van der Waals surface area (Å²) >= 11 is 0. The van der Waals surface area contributed by atoms with Crippen LogP contribution in [0.5, 0.6) is 5.75 Å². The van der Waals surface area contributed by atoms with E-state index in [1.54, 1.807) is 12.3 Å². The zero-order valence-electron chi connectivity index (χ0n) is 19.2. The summed E-state index contributed by atoms with van der Waals surface area (Å²) in [5.41, 5.74) is 11.7. The van der Waals surface area contributed by atoms with Crippen LogP contribution >= 0.6 is 0 Å². The normalized spacial score (nSPS) is 13.3. The molecule has 6 nitrogen and oxygen atoms in total. The van der Waals surface area contributed by atoms with Crippen molar-refractivity contribution in [1.82, 2.24) is 9.78 Å². The second kappa shape index (κ2) is 9.02. The van der Waals surface area contributed by atoms with Crippen LogP contribution in [0.2, 0.25) is 0 Å². The first kappa shape index (κ1) is 22.8. The number of rotatable bonds is 7. The average molecular weight is 478 g/mol.